The minimum Gasteiger partial charge on any atom is -0.323 e. The molecule has 0 spiro atoms. The average molecular weight is 329 g/mol. The molecule has 0 atom stereocenters. The fraction of sp³-hybridized carbons (Fsp3) is 0.167. The van der Waals surface area contributed by atoms with Crippen LogP contribution >= 0.6 is 27.5 Å². The molecule has 18 heavy (non-hydrogen) atoms. The van der Waals surface area contributed by atoms with Gasteiger partial charge in [-0.2, -0.15) is 0 Å². The van der Waals surface area contributed by atoms with Crippen molar-refractivity contribution in [2.45, 2.75) is 6.42 Å². The summed E-state index contributed by atoms with van der Waals surface area (Å²) in [6.07, 6.45) is 2.13. The Balaban J connectivity index is 2.09. The van der Waals surface area contributed by atoms with Crippen LogP contribution in [0.15, 0.2) is 29.0 Å². The lowest BCUT2D eigenvalue weighted by Gasteiger charge is -2.18. The van der Waals surface area contributed by atoms with Gasteiger partial charge in [-0.25, -0.2) is 14.4 Å². The van der Waals surface area contributed by atoms with E-state index in [0.717, 1.165) is 12.0 Å². The molecule has 92 valence electrons. The number of hydrogen-bond donors (Lipinski definition) is 0. The van der Waals surface area contributed by atoms with Crippen molar-refractivity contribution < 1.29 is 4.39 Å². The summed E-state index contributed by atoms with van der Waals surface area (Å²) in [5, 5.41) is 0.444. The first kappa shape index (κ1) is 11.9. The molecule has 1 aliphatic heterocycles. The van der Waals surface area contributed by atoms with Gasteiger partial charge < -0.3 is 4.90 Å². The molecule has 0 fully saturated rings. The molecule has 0 unspecified atom stereocenters. The van der Waals surface area contributed by atoms with Crippen LogP contribution in [0, 0.1) is 5.82 Å². The summed E-state index contributed by atoms with van der Waals surface area (Å²) in [7, 11) is 0. The van der Waals surface area contributed by atoms with Crippen molar-refractivity contribution in [1.82, 2.24) is 9.97 Å². The quantitative estimate of drug-likeness (QED) is 0.747. The Morgan fingerprint density at radius 3 is 2.94 bits per heavy atom. The van der Waals surface area contributed by atoms with Crippen LogP contribution in [0.1, 0.15) is 5.56 Å². The highest BCUT2D eigenvalue weighted by Crippen LogP contribution is 2.36. The molecule has 1 aromatic heterocycles. The van der Waals surface area contributed by atoms with Gasteiger partial charge in [-0.3, -0.25) is 0 Å². The van der Waals surface area contributed by atoms with Gasteiger partial charge in [-0.15, -0.1) is 0 Å². The maximum atomic E-state index is 13.9. The van der Waals surface area contributed by atoms with Crippen molar-refractivity contribution >= 4 is 39.0 Å². The Labute approximate surface area is 117 Å². The van der Waals surface area contributed by atoms with Crippen molar-refractivity contribution in [2.75, 3.05) is 11.4 Å². The Hall–Kier alpha value is -1.20. The Morgan fingerprint density at radius 2 is 2.17 bits per heavy atom. The van der Waals surface area contributed by atoms with E-state index in [0.29, 0.717) is 27.7 Å². The van der Waals surface area contributed by atoms with E-state index >= 15 is 0 Å². The molecule has 1 aromatic carbocycles. The lowest BCUT2D eigenvalue weighted by atomic mass is 10.3. The van der Waals surface area contributed by atoms with Crippen LogP contribution in [0.3, 0.4) is 0 Å². The minimum absolute atomic E-state index is 0.285. The van der Waals surface area contributed by atoms with Crippen molar-refractivity contribution in [1.29, 1.82) is 0 Å². The van der Waals surface area contributed by atoms with Gasteiger partial charge in [0.2, 0.25) is 0 Å². The standard InChI is InChI=1S/C12H8BrClFN3/c13-7-1-2-10(9(15)5-7)18-4-3-8-11(14)16-6-17-12(8)18/h1-2,5-6H,3-4H2. The first-order valence-corrected chi connectivity index (χ1v) is 6.56. The smallest absolute Gasteiger partial charge is 0.148 e. The van der Waals surface area contributed by atoms with Gasteiger partial charge in [0, 0.05) is 16.6 Å². The summed E-state index contributed by atoms with van der Waals surface area (Å²) in [5.74, 6) is 0.406. The van der Waals surface area contributed by atoms with Gasteiger partial charge >= 0.3 is 0 Å². The first-order chi connectivity index (χ1) is 8.66. The second-order valence-electron chi connectivity index (χ2n) is 3.96. The van der Waals surface area contributed by atoms with Gasteiger partial charge in [-0.1, -0.05) is 27.5 Å². The molecule has 2 heterocycles. The number of halogens is 3. The third-order valence-corrected chi connectivity index (χ3v) is 3.73. The topological polar surface area (TPSA) is 29.0 Å². The van der Waals surface area contributed by atoms with Crippen LogP contribution < -0.4 is 4.90 Å². The summed E-state index contributed by atoms with van der Waals surface area (Å²) >= 11 is 9.25. The van der Waals surface area contributed by atoms with E-state index < -0.39 is 0 Å². The maximum absolute atomic E-state index is 13.9. The fourth-order valence-electron chi connectivity index (χ4n) is 2.09. The van der Waals surface area contributed by atoms with E-state index in [1.165, 1.54) is 12.4 Å². The van der Waals surface area contributed by atoms with Gasteiger partial charge in [0.15, 0.2) is 0 Å². The van der Waals surface area contributed by atoms with Crippen LogP contribution in [-0.2, 0) is 6.42 Å². The molecule has 1 aliphatic rings. The summed E-state index contributed by atoms with van der Waals surface area (Å²) in [5.41, 5.74) is 1.38. The molecule has 0 aliphatic carbocycles. The predicted octanol–water partition coefficient (Wildman–Crippen LogP) is 3.73. The fourth-order valence-corrected chi connectivity index (χ4v) is 2.65. The van der Waals surface area contributed by atoms with Gasteiger partial charge in [0.05, 0.1) is 5.69 Å². The molecule has 0 radical (unpaired) electrons. The zero-order valence-electron chi connectivity index (χ0n) is 9.20. The first-order valence-electron chi connectivity index (χ1n) is 5.39. The number of anilines is 2. The highest BCUT2D eigenvalue weighted by Gasteiger charge is 2.26. The normalized spacial score (nSPS) is 13.8. The molecule has 0 saturated carbocycles. The Kier molecular flexibility index (Phi) is 2.95. The second-order valence-corrected chi connectivity index (χ2v) is 5.24. The number of rotatable bonds is 1. The van der Waals surface area contributed by atoms with Crippen LogP contribution in [-0.4, -0.2) is 16.5 Å². The van der Waals surface area contributed by atoms with E-state index in [-0.39, 0.29) is 5.82 Å². The van der Waals surface area contributed by atoms with Gasteiger partial charge in [0.25, 0.3) is 0 Å². The second kappa shape index (κ2) is 4.48. The van der Waals surface area contributed by atoms with Gasteiger partial charge in [0.1, 0.15) is 23.1 Å². The number of fused-ring (bicyclic) bond motifs is 1. The molecular weight excluding hydrogens is 321 g/mol. The van der Waals surface area contributed by atoms with Crippen molar-refractivity contribution in [3.05, 3.63) is 45.5 Å². The highest BCUT2D eigenvalue weighted by molar-refractivity contribution is 9.10. The lowest BCUT2D eigenvalue weighted by Crippen LogP contribution is -2.15. The molecule has 0 N–H and O–H groups in total. The molecule has 0 amide bonds. The molecule has 3 nitrogen and oxygen atoms in total. The third kappa shape index (κ3) is 1.87. The van der Waals surface area contributed by atoms with Crippen molar-refractivity contribution in [2.24, 2.45) is 0 Å². The summed E-state index contributed by atoms with van der Waals surface area (Å²) < 4.78 is 14.7. The average Bonchev–Trinajstić information content (AvgIpc) is 2.74. The number of aromatic nitrogens is 2. The molecule has 3 rings (SSSR count). The maximum Gasteiger partial charge on any atom is 0.148 e. The minimum atomic E-state index is -0.285. The van der Waals surface area contributed by atoms with E-state index in [9.17, 15) is 4.39 Å². The molecule has 6 heteroatoms. The summed E-state index contributed by atoms with van der Waals surface area (Å²) in [6, 6.07) is 4.97. The van der Waals surface area contributed by atoms with E-state index in [2.05, 4.69) is 25.9 Å². The monoisotopic (exact) mass is 327 g/mol. The van der Waals surface area contributed by atoms with E-state index in [1.807, 2.05) is 4.90 Å². The summed E-state index contributed by atoms with van der Waals surface area (Å²) in [4.78, 5) is 9.96. The van der Waals surface area contributed by atoms with Crippen LogP contribution in [0.5, 0.6) is 0 Å². The zero-order chi connectivity index (χ0) is 12.7. The SMILES string of the molecule is Fc1cc(Br)ccc1N1CCc2c(Cl)ncnc21. The van der Waals surface area contributed by atoms with Crippen molar-refractivity contribution in [3.8, 4) is 0 Å². The third-order valence-electron chi connectivity index (χ3n) is 2.91. The lowest BCUT2D eigenvalue weighted by molar-refractivity contribution is 0.625. The number of hydrogen-bond acceptors (Lipinski definition) is 3. The molecular formula is C12H8BrClFN3. The van der Waals surface area contributed by atoms with E-state index in [4.69, 9.17) is 11.6 Å². The number of benzene rings is 1. The number of nitrogens with zero attached hydrogens (tertiary/aromatic N) is 3. The van der Waals surface area contributed by atoms with Crippen LogP contribution in [0.2, 0.25) is 5.15 Å². The Morgan fingerprint density at radius 1 is 1.33 bits per heavy atom. The zero-order valence-corrected chi connectivity index (χ0v) is 11.5. The Bertz CT molecular complexity index is 620. The largest absolute Gasteiger partial charge is 0.323 e. The predicted molar refractivity (Wildman–Crippen MR) is 71.9 cm³/mol. The molecule has 2 aromatic rings. The molecule has 0 saturated heterocycles. The van der Waals surface area contributed by atoms with Crippen LogP contribution in [0.25, 0.3) is 0 Å². The molecule has 0 bridgehead atoms. The van der Waals surface area contributed by atoms with Crippen LogP contribution in [0.4, 0.5) is 15.9 Å². The van der Waals surface area contributed by atoms with Crippen molar-refractivity contribution in [3.63, 3.8) is 0 Å². The van der Waals surface area contributed by atoms with Gasteiger partial charge in [-0.05, 0) is 24.6 Å². The summed E-state index contributed by atoms with van der Waals surface area (Å²) in [6.45, 7) is 0.659. The van der Waals surface area contributed by atoms with E-state index in [1.54, 1.807) is 12.1 Å². The highest BCUT2D eigenvalue weighted by atomic mass is 79.9.